The van der Waals surface area contributed by atoms with Crippen molar-refractivity contribution in [3.63, 3.8) is 0 Å². The zero-order chi connectivity index (χ0) is 14.2. The van der Waals surface area contributed by atoms with Gasteiger partial charge in [-0.2, -0.15) is 0 Å². The van der Waals surface area contributed by atoms with Crippen LogP contribution in [0.2, 0.25) is 0 Å². The van der Waals surface area contributed by atoms with Crippen LogP contribution in [-0.2, 0) is 4.79 Å². The van der Waals surface area contributed by atoms with Gasteiger partial charge in [0.25, 0.3) is 0 Å². The summed E-state index contributed by atoms with van der Waals surface area (Å²) in [6.07, 6.45) is 6.65. The predicted octanol–water partition coefficient (Wildman–Crippen LogP) is 1.96. The molecular weight excluding hydrogens is 246 g/mol. The Balaban J connectivity index is 2.34. The summed E-state index contributed by atoms with van der Waals surface area (Å²) < 4.78 is 0. The molecule has 2 aliphatic rings. The number of hydrogen-bond acceptors (Lipinski definition) is 5. The minimum absolute atomic E-state index is 0.254. The maximum atomic E-state index is 10.9. The Morgan fingerprint density at radius 3 is 1.95 bits per heavy atom. The molecule has 0 saturated heterocycles. The summed E-state index contributed by atoms with van der Waals surface area (Å²) in [6, 6.07) is 0. The van der Waals surface area contributed by atoms with E-state index in [1.54, 1.807) is 38.2 Å². The van der Waals surface area contributed by atoms with Crippen LogP contribution in [0.4, 0.5) is 0 Å². The Labute approximate surface area is 110 Å². The monoisotopic (exact) mass is 261 g/mol. The van der Waals surface area contributed by atoms with E-state index in [4.69, 9.17) is 0 Å². The third-order valence-corrected chi connectivity index (χ3v) is 2.97. The summed E-state index contributed by atoms with van der Waals surface area (Å²) in [5.74, 6) is -0.0217. The fourth-order valence-corrected chi connectivity index (χ4v) is 1.83. The molecule has 2 rings (SSSR count). The molecule has 0 aromatic rings. The fraction of sp³-hybridized carbons (Fsp3) is 0.231. The number of hydroxylamine groups is 4. The van der Waals surface area contributed by atoms with E-state index < -0.39 is 0 Å². The van der Waals surface area contributed by atoms with Crippen LogP contribution < -0.4 is 0 Å². The summed E-state index contributed by atoms with van der Waals surface area (Å²) >= 11 is 0. The second-order valence-corrected chi connectivity index (χ2v) is 4.30. The molecule has 6 nitrogen and oxygen atoms in total. The number of amides is 1. The lowest BCUT2D eigenvalue weighted by Crippen LogP contribution is -2.21. The molecule has 0 radical (unpaired) electrons. The molecule has 0 fully saturated rings. The largest absolute Gasteiger partial charge is 0.282 e. The van der Waals surface area contributed by atoms with Gasteiger partial charge in [0.05, 0.1) is 17.1 Å². The highest BCUT2D eigenvalue weighted by Gasteiger charge is 2.29. The number of hydrogen-bond donors (Lipinski definition) is 2. The predicted molar refractivity (Wildman–Crippen MR) is 69.0 cm³/mol. The molecule has 0 aromatic heterocycles. The van der Waals surface area contributed by atoms with Gasteiger partial charge in [0, 0.05) is 12.5 Å². The smallest absolute Gasteiger partial charge is 0.243 e. The van der Waals surface area contributed by atoms with Crippen molar-refractivity contribution >= 4 is 11.6 Å². The van der Waals surface area contributed by atoms with Crippen molar-refractivity contribution in [3.05, 3.63) is 47.1 Å². The van der Waals surface area contributed by atoms with E-state index in [-0.39, 0.29) is 11.7 Å². The van der Waals surface area contributed by atoms with Gasteiger partial charge < -0.3 is 0 Å². The van der Waals surface area contributed by atoms with Crippen molar-refractivity contribution in [1.82, 2.24) is 10.1 Å². The Morgan fingerprint density at radius 1 is 1.05 bits per heavy atom. The summed E-state index contributed by atoms with van der Waals surface area (Å²) in [7, 11) is 0. The maximum absolute atomic E-state index is 10.9. The van der Waals surface area contributed by atoms with E-state index in [0.717, 1.165) is 10.1 Å². The van der Waals surface area contributed by atoms with Crippen molar-refractivity contribution in [2.24, 2.45) is 4.99 Å². The second-order valence-electron chi connectivity index (χ2n) is 4.30. The first kappa shape index (κ1) is 13.3. The van der Waals surface area contributed by atoms with E-state index in [9.17, 15) is 15.2 Å². The number of carbonyl (C=O) groups is 1. The van der Waals surface area contributed by atoms with Crippen molar-refractivity contribution < 1.29 is 15.2 Å². The van der Waals surface area contributed by atoms with Crippen molar-refractivity contribution in [3.8, 4) is 0 Å². The molecule has 0 spiro atoms. The van der Waals surface area contributed by atoms with Gasteiger partial charge in [-0.1, -0.05) is 0 Å². The lowest BCUT2D eigenvalue weighted by Gasteiger charge is -2.19. The molecule has 2 N–H and O–H groups in total. The van der Waals surface area contributed by atoms with Gasteiger partial charge in [-0.15, -0.1) is 0 Å². The minimum Gasteiger partial charge on any atom is -0.282 e. The molecule has 0 bridgehead atoms. The summed E-state index contributed by atoms with van der Waals surface area (Å²) in [5, 5.41) is 21.7. The lowest BCUT2D eigenvalue weighted by atomic mass is 10.1. The number of carbonyl (C=O) groups excluding carboxylic acids is 1. The molecule has 0 unspecified atom stereocenters. The summed E-state index contributed by atoms with van der Waals surface area (Å²) in [4.78, 5) is 14.7. The van der Waals surface area contributed by atoms with E-state index in [1.807, 2.05) is 0 Å². The molecule has 6 heteroatoms. The minimum atomic E-state index is -0.276. The Hall–Kier alpha value is -2.18. The van der Waals surface area contributed by atoms with Crippen LogP contribution in [0.5, 0.6) is 0 Å². The fourth-order valence-electron chi connectivity index (χ4n) is 1.83. The van der Waals surface area contributed by atoms with Crippen molar-refractivity contribution in [2.75, 3.05) is 0 Å². The molecule has 1 aliphatic carbocycles. The zero-order valence-electron chi connectivity index (χ0n) is 11.0. The van der Waals surface area contributed by atoms with E-state index in [1.165, 1.54) is 6.92 Å². The standard InChI is InChI=1S/C13H15N3O3/c1-8-9(2)16(19)13(15(8)18)11-4-6-12(7-5-11)14-10(3)17/h4-7,18-19H,1-3H3. The van der Waals surface area contributed by atoms with Crippen LogP contribution in [0, 0.1) is 0 Å². The van der Waals surface area contributed by atoms with Gasteiger partial charge in [-0.05, 0) is 38.2 Å². The highest BCUT2D eigenvalue weighted by atomic mass is 16.6. The van der Waals surface area contributed by atoms with E-state index in [0.29, 0.717) is 22.7 Å². The molecule has 0 atom stereocenters. The molecule has 19 heavy (non-hydrogen) atoms. The summed E-state index contributed by atoms with van der Waals surface area (Å²) in [6.45, 7) is 4.77. The quantitative estimate of drug-likeness (QED) is 0.697. The first-order chi connectivity index (χ1) is 8.91. The second kappa shape index (κ2) is 4.83. The number of rotatable bonds is 0. The lowest BCUT2D eigenvalue weighted by molar-refractivity contribution is -0.115. The topological polar surface area (TPSA) is 76.4 Å². The normalized spacial score (nSPS) is 18.9. The highest BCUT2D eigenvalue weighted by molar-refractivity contribution is 6.10. The molecular formula is C13H15N3O3. The van der Waals surface area contributed by atoms with Crippen LogP contribution in [0.3, 0.4) is 0 Å². The molecule has 1 heterocycles. The molecule has 1 amide bonds. The van der Waals surface area contributed by atoms with Crippen LogP contribution in [0.1, 0.15) is 20.8 Å². The van der Waals surface area contributed by atoms with Gasteiger partial charge in [0.2, 0.25) is 5.91 Å². The van der Waals surface area contributed by atoms with Crippen molar-refractivity contribution in [2.45, 2.75) is 20.8 Å². The molecule has 0 saturated carbocycles. The van der Waals surface area contributed by atoms with Gasteiger partial charge in [0.15, 0.2) is 5.82 Å². The average Bonchev–Trinajstić information content (AvgIpc) is 2.55. The molecule has 0 aromatic carbocycles. The third-order valence-electron chi connectivity index (χ3n) is 2.97. The first-order valence-corrected chi connectivity index (χ1v) is 5.77. The SMILES string of the molecule is CC(=O)N=C1C=CC(=C2N(O)C(C)=C(C)N2O)C=C1. The number of nitrogens with zero attached hydrogens (tertiary/aromatic N) is 3. The Morgan fingerprint density at radius 2 is 1.53 bits per heavy atom. The molecule has 1 aliphatic heterocycles. The number of aliphatic imine (C=N–C) groups is 1. The van der Waals surface area contributed by atoms with E-state index >= 15 is 0 Å². The van der Waals surface area contributed by atoms with Gasteiger partial charge in [-0.25, -0.2) is 15.1 Å². The van der Waals surface area contributed by atoms with Gasteiger partial charge in [0.1, 0.15) is 0 Å². The highest BCUT2D eigenvalue weighted by Crippen LogP contribution is 2.31. The summed E-state index contributed by atoms with van der Waals surface area (Å²) in [5.41, 5.74) is 2.25. The zero-order valence-corrected chi connectivity index (χ0v) is 11.0. The Bertz CT molecular complexity index is 544. The van der Waals surface area contributed by atoms with Crippen LogP contribution in [-0.4, -0.2) is 32.2 Å². The van der Waals surface area contributed by atoms with E-state index in [2.05, 4.69) is 4.99 Å². The van der Waals surface area contributed by atoms with Crippen LogP contribution in [0.25, 0.3) is 0 Å². The van der Waals surface area contributed by atoms with Crippen molar-refractivity contribution in [1.29, 1.82) is 0 Å². The Kier molecular flexibility index (Phi) is 3.37. The first-order valence-electron chi connectivity index (χ1n) is 5.77. The van der Waals surface area contributed by atoms with Crippen LogP contribution in [0.15, 0.2) is 52.1 Å². The average molecular weight is 261 g/mol. The maximum Gasteiger partial charge on any atom is 0.243 e. The van der Waals surface area contributed by atoms with Gasteiger partial charge >= 0.3 is 0 Å². The number of allylic oxidation sites excluding steroid dienone is 7. The van der Waals surface area contributed by atoms with Crippen LogP contribution >= 0.6 is 0 Å². The molecule has 100 valence electrons. The van der Waals surface area contributed by atoms with Gasteiger partial charge in [-0.3, -0.25) is 15.2 Å². The third kappa shape index (κ3) is 2.35.